The number of amides is 1. The summed E-state index contributed by atoms with van der Waals surface area (Å²) in [5, 5.41) is 8.14. The van der Waals surface area contributed by atoms with Crippen LogP contribution >= 0.6 is 23.2 Å². The summed E-state index contributed by atoms with van der Waals surface area (Å²) in [4.78, 5) is 12.4. The third-order valence-electron chi connectivity index (χ3n) is 5.09. The average Bonchev–Trinajstić information content (AvgIpc) is 3.30. The molecule has 6 nitrogen and oxygen atoms in total. The van der Waals surface area contributed by atoms with Gasteiger partial charge in [0, 0.05) is 23.9 Å². The van der Waals surface area contributed by atoms with E-state index in [0.717, 1.165) is 28.2 Å². The first-order valence-electron chi connectivity index (χ1n) is 10.8. The smallest absolute Gasteiger partial charge is 0.249 e. The van der Waals surface area contributed by atoms with Crippen LogP contribution in [0.4, 0.5) is 5.82 Å². The van der Waals surface area contributed by atoms with E-state index in [1.165, 1.54) is 6.08 Å². The number of carbonyl (C=O) groups excluding carboxylic acids is 1. The van der Waals surface area contributed by atoms with Gasteiger partial charge >= 0.3 is 0 Å². The molecule has 0 bridgehead atoms. The molecule has 0 unspecified atom stereocenters. The molecule has 1 amide bonds. The molecule has 1 heterocycles. The summed E-state index contributed by atoms with van der Waals surface area (Å²) in [6, 6.07) is 22.4. The van der Waals surface area contributed by atoms with Gasteiger partial charge in [0.15, 0.2) is 5.82 Å². The number of nitrogens with one attached hydrogen (secondary N) is 1. The molecule has 0 spiro atoms. The lowest BCUT2D eigenvalue weighted by Crippen LogP contribution is -2.09. The molecular formula is C27H23Cl2N3O3. The Morgan fingerprint density at radius 1 is 1.03 bits per heavy atom. The Balaban J connectivity index is 1.36. The number of carbonyl (C=O) groups is 1. The molecule has 8 heteroatoms. The lowest BCUT2D eigenvalue weighted by Gasteiger charge is -2.11. The van der Waals surface area contributed by atoms with E-state index in [0.29, 0.717) is 29.0 Å². The first kappa shape index (κ1) is 24.4. The molecule has 0 saturated carbocycles. The van der Waals surface area contributed by atoms with E-state index in [2.05, 4.69) is 10.4 Å². The fraction of sp³-hybridized carbons (Fsp3) is 0.111. The SMILES string of the molecule is COc1ccc(/C=C/C(=O)Nc2ccn(Cc3ccc(Cl)c(Cl)c3)n2)cc1COc1ccccc1. The van der Waals surface area contributed by atoms with Gasteiger partial charge in [0.25, 0.3) is 0 Å². The molecule has 0 atom stereocenters. The number of anilines is 1. The van der Waals surface area contributed by atoms with Crippen molar-refractivity contribution >= 4 is 41.0 Å². The van der Waals surface area contributed by atoms with Gasteiger partial charge in [-0.15, -0.1) is 0 Å². The molecule has 0 radical (unpaired) electrons. The maximum absolute atomic E-state index is 12.4. The summed E-state index contributed by atoms with van der Waals surface area (Å²) in [5.41, 5.74) is 2.67. The topological polar surface area (TPSA) is 65.4 Å². The molecule has 178 valence electrons. The van der Waals surface area contributed by atoms with E-state index in [4.69, 9.17) is 32.7 Å². The first-order chi connectivity index (χ1) is 17.0. The van der Waals surface area contributed by atoms with E-state index >= 15 is 0 Å². The Bertz CT molecular complexity index is 1340. The second kappa shape index (κ2) is 11.6. The van der Waals surface area contributed by atoms with Crippen LogP contribution in [0, 0.1) is 0 Å². The molecule has 0 saturated heterocycles. The Morgan fingerprint density at radius 2 is 1.86 bits per heavy atom. The third-order valence-corrected chi connectivity index (χ3v) is 5.83. The van der Waals surface area contributed by atoms with Crippen LogP contribution in [0.15, 0.2) is 85.1 Å². The maximum atomic E-state index is 12.4. The summed E-state index contributed by atoms with van der Waals surface area (Å²) in [5.74, 6) is 1.65. The molecule has 0 aliphatic heterocycles. The van der Waals surface area contributed by atoms with E-state index in [9.17, 15) is 4.79 Å². The van der Waals surface area contributed by atoms with Crippen molar-refractivity contribution in [3.8, 4) is 11.5 Å². The number of methoxy groups -OCH3 is 1. The fourth-order valence-electron chi connectivity index (χ4n) is 3.37. The molecule has 3 aromatic carbocycles. The fourth-order valence-corrected chi connectivity index (χ4v) is 3.69. The zero-order chi connectivity index (χ0) is 24.6. The Morgan fingerprint density at radius 3 is 2.63 bits per heavy atom. The van der Waals surface area contributed by atoms with Gasteiger partial charge in [-0.05, 0) is 53.6 Å². The van der Waals surface area contributed by atoms with Gasteiger partial charge in [-0.25, -0.2) is 0 Å². The Hall–Kier alpha value is -3.74. The molecular weight excluding hydrogens is 485 g/mol. The largest absolute Gasteiger partial charge is 0.496 e. The number of hydrogen-bond acceptors (Lipinski definition) is 4. The predicted octanol–water partition coefficient (Wildman–Crippen LogP) is 6.48. The van der Waals surface area contributed by atoms with E-state index < -0.39 is 0 Å². The minimum atomic E-state index is -0.289. The zero-order valence-corrected chi connectivity index (χ0v) is 20.5. The number of nitrogens with zero attached hydrogens (tertiary/aromatic N) is 2. The highest BCUT2D eigenvalue weighted by atomic mass is 35.5. The molecule has 1 N–H and O–H groups in total. The Kier molecular flexibility index (Phi) is 8.08. The van der Waals surface area contributed by atoms with Crippen LogP contribution in [-0.2, 0) is 17.9 Å². The number of aromatic nitrogens is 2. The van der Waals surface area contributed by atoms with Crippen LogP contribution in [0.2, 0.25) is 10.0 Å². The summed E-state index contributed by atoms with van der Waals surface area (Å²) < 4.78 is 13.0. The van der Waals surface area contributed by atoms with Crippen LogP contribution in [0.5, 0.6) is 11.5 Å². The van der Waals surface area contributed by atoms with Crippen molar-refractivity contribution in [2.45, 2.75) is 13.2 Å². The third kappa shape index (κ3) is 6.88. The van der Waals surface area contributed by atoms with Crippen molar-refractivity contribution in [3.05, 3.63) is 112 Å². The van der Waals surface area contributed by atoms with Crippen molar-refractivity contribution in [1.29, 1.82) is 0 Å². The maximum Gasteiger partial charge on any atom is 0.249 e. The minimum Gasteiger partial charge on any atom is -0.496 e. The van der Waals surface area contributed by atoms with Crippen molar-refractivity contribution in [2.75, 3.05) is 12.4 Å². The van der Waals surface area contributed by atoms with Crippen molar-refractivity contribution in [1.82, 2.24) is 9.78 Å². The van der Waals surface area contributed by atoms with Crippen molar-refractivity contribution in [2.24, 2.45) is 0 Å². The van der Waals surface area contributed by atoms with E-state index in [1.54, 1.807) is 42.3 Å². The normalized spacial score (nSPS) is 10.9. The molecule has 0 fully saturated rings. The number of hydrogen-bond donors (Lipinski definition) is 1. The molecule has 35 heavy (non-hydrogen) atoms. The highest BCUT2D eigenvalue weighted by Gasteiger charge is 2.07. The van der Waals surface area contributed by atoms with Crippen LogP contribution in [0.3, 0.4) is 0 Å². The van der Waals surface area contributed by atoms with Crippen LogP contribution in [0.25, 0.3) is 6.08 Å². The average molecular weight is 508 g/mol. The number of benzene rings is 3. The molecule has 4 aromatic rings. The van der Waals surface area contributed by atoms with Gasteiger partial charge in [-0.2, -0.15) is 5.10 Å². The summed E-state index contributed by atoms with van der Waals surface area (Å²) in [6.45, 7) is 0.847. The summed E-state index contributed by atoms with van der Waals surface area (Å²) >= 11 is 12.0. The van der Waals surface area contributed by atoms with Gasteiger partial charge in [0.1, 0.15) is 18.1 Å². The lowest BCUT2D eigenvalue weighted by molar-refractivity contribution is -0.111. The van der Waals surface area contributed by atoms with Crippen LogP contribution in [0.1, 0.15) is 16.7 Å². The zero-order valence-electron chi connectivity index (χ0n) is 18.9. The number of halogens is 2. The molecule has 1 aromatic heterocycles. The van der Waals surface area contributed by atoms with Crippen molar-refractivity contribution < 1.29 is 14.3 Å². The monoisotopic (exact) mass is 507 g/mol. The predicted molar refractivity (Wildman–Crippen MR) is 139 cm³/mol. The number of ether oxygens (including phenoxy) is 2. The highest BCUT2D eigenvalue weighted by Crippen LogP contribution is 2.24. The van der Waals surface area contributed by atoms with Gasteiger partial charge in [-0.1, -0.05) is 53.5 Å². The Labute approximate surface area is 213 Å². The highest BCUT2D eigenvalue weighted by molar-refractivity contribution is 6.42. The molecule has 0 aliphatic rings. The van der Waals surface area contributed by atoms with Gasteiger partial charge in [-0.3, -0.25) is 9.48 Å². The van der Waals surface area contributed by atoms with Gasteiger partial charge in [0.2, 0.25) is 5.91 Å². The second-order valence-corrected chi connectivity index (χ2v) is 8.46. The first-order valence-corrected chi connectivity index (χ1v) is 11.6. The number of para-hydroxylation sites is 1. The molecule has 4 rings (SSSR count). The minimum absolute atomic E-state index is 0.289. The van der Waals surface area contributed by atoms with Crippen molar-refractivity contribution in [3.63, 3.8) is 0 Å². The number of rotatable bonds is 9. The van der Waals surface area contributed by atoms with E-state index in [-0.39, 0.29) is 5.91 Å². The quantitative estimate of drug-likeness (QED) is 0.263. The summed E-state index contributed by atoms with van der Waals surface area (Å²) in [7, 11) is 1.62. The van der Waals surface area contributed by atoms with Gasteiger partial charge < -0.3 is 14.8 Å². The van der Waals surface area contributed by atoms with E-state index in [1.807, 2.05) is 54.6 Å². The molecule has 0 aliphatic carbocycles. The van der Waals surface area contributed by atoms with Crippen LogP contribution in [-0.4, -0.2) is 22.8 Å². The van der Waals surface area contributed by atoms with Crippen LogP contribution < -0.4 is 14.8 Å². The standard InChI is InChI=1S/C27H23Cl2N3O3/c1-34-25-11-8-19(15-21(25)18-35-22-5-3-2-4-6-22)9-12-27(33)30-26-13-14-32(31-26)17-20-7-10-23(28)24(29)16-20/h2-16H,17-18H2,1H3,(H,30,31,33)/b12-9+. The summed E-state index contributed by atoms with van der Waals surface area (Å²) in [6.07, 6.45) is 4.97. The lowest BCUT2D eigenvalue weighted by atomic mass is 10.1. The second-order valence-electron chi connectivity index (χ2n) is 7.64. The van der Waals surface area contributed by atoms with Gasteiger partial charge in [0.05, 0.1) is 23.7 Å².